The average molecular weight is 333 g/mol. The molecule has 2 N–H and O–H groups in total. The van der Waals surface area contributed by atoms with E-state index in [4.69, 9.17) is 9.47 Å². The van der Waals surface area contributed by atoms with E-state index in [1.807, 2.05) is 0 Å². The largest absolute Gasteiger partial charge is 0.493 e. The standard InChI is InChI=1S/C17H20FN3O3/c18-14-2-5-15(6-3-14)23-10-12-1-4-16(24-11-12)9-19-17(22)13-7-20-21-8-13/h2-3,5-8,12,16H,1,4,9-11H2,(H,19,22)(H,20,21)/t12-,16+/m0/s1. The predicted octanol–water partition coefficient (Wildman–Crippen LogP) is 2.15. The number of carbonyl (C=O) groups is 1. The van der Waals surface area contributed by atoms with Gasteiger partial charge < -0.3 is 14.8 Å². The van der Waals surface area contributed by atoms with E-state index in [1.165, 1.54) is 18.3 Å². The van der Waals surface area contributed by atoms with Gasteiger partial charge in [0.05, 0.1) is 31.1 Å². The Morgan fingerprint density at radius 2 is 2.21 bits per heavy atom. The number of rotatable bonds is 6. The molecule has 1 aliphatic rings. The third kappa shape index (κ3) is 4.55. The molecular formula is C17H20FN3O3. The predicted molar refractivity (Wildman–Crippen MR) is 85.3 cm³/mol. The number of aromatic amines is 1. The van der Waals surface area contributed by atoms with Crippen molar-refractivity contribution in [2.24, 2.45) is 5.92 Å². The lowest BCUT2D eigenvalue weighted by atomic mass is 9.99. The number of aromatic nitrogens is 2. The summed E-state index contributed by atoms with van der Waals surface area (Å²) in [5.41, 5.74) is 0.511. The van der Waals surface area contributed by atoms with E-state index in [1.54, 1.807) is 18.3 Å². The summed E-state index contributed by atoms with van der Waals surface area (Å²) in [5, 5.41) is 9.20. The number of amides is 1. The van der Waals surface area contributed by atoms with Gasteiger partial charge in [0, 0.05) is 18.7 Å². The summed E-state index contributed by atoms with van der Waals surface area (Å²) >= 11 is 0. The van der Waals surface area contributed by atoms with Gasteiger partial charge >= 0.3 is 0 Å². The molecule has 0 radical (unpaired) electrons. The fourth-order valence-corrected chi connectivity index (χ4v) is 2.58. The van der Waals surface area contributed by atoms with Gasteiger partial charge in [0.15, 0.2) is 0 Å². The maximum atomic E-state index is 12.8. The molecule has 2 aromatic rings. The van der Waals surface area contributed by atoms with Gasteiger partial charge in [0.25, 0.3) is 5.91 Å². The van der Waals surface area contributed by atoms with Gasteiger partial charge in [-0.3, -0.25) is 9.89 Å². The van der Waals surface area contributed by atoms with Crippen molar-refractivity contribution in [3.63, 3.8) is 0 Å². The fourth-order valence-electron chi connectivity index (χ4n) is 2.58. The Labute approximate surface area is 139 Å². The molecule has 0 bridgehead atoms. The number of H-pyrrole nitrogens is 1. The van der Waals surface area contributed by atoms with Gasteiger partial charge in [0.2, 0.25) is 0 Å². The van der Waals surface area contributed by atoms with Crippen LogP contribution in [0.3, 0.4) is 0 Å². The lowest BCUT2D eigenvalue weighted by Crippen LogP contribution is -2.38. The van der Waals surface area contributed by atoms with Crippen LogP contribution in [0.4, 0.5) is 4.39 Å². The van der Waals surface area contributed by atoms with Gasteiger partial charge in [-0.1, -0.05) is 0 Å². The fraction of sp³-hybridized carbons (Fsp3) is 0.412. The first-order valence-corrected chi connectivity index (χ1v) is 7.97. The van der Waals surface area contributed by atoms with Crippen LogP contribution < -0.4 is 10.1 Å². The van der Waals surface area contributed by atoms with Crippen molar-refractivity contribution < 1.29 is 18.7 Å². The summed E-state index contributed by atoms with van der Waals surface area (Å²) in [5.74, 6) is 0.527. The summed E-state index contributed by atoms with van der Waals surface area (Å²) in [6.07, 6.45) is 4.89. The highest BCUT2D eigenvalue weighted by Gasteiger charge is 2.23. The lowest BCUT2D eigenvalue weighted by molar-refractivity contribution is -0.0251. The van der Waals surface area contributed by atoms with Crippen molar-refractivity contribution in [2.45, 2.75) is 18.9 Å². The Morgan fingerprint density at radius 3 is 2.88 bits per heavy atom. The maximum Gasteiger partial charge on any atom is 0.254 e. The van der Waals surface area contributed by atoms with Crippen molar-refractivity contribution in [3.05, 3.63) is 48.0 Å². The minimum Gasteiger partial charge on any atom is -0.493 e. The molecule has 1 saturated heterocycles. The zero-order valence-electron chi connectivity index (χ0n) is 13.2. The van der Waals surface area contributed by atoms with Crippen LogP contribution in [-0.4, -0.2) is 42.0 Å². The molecule has 1 aliphatic heterocycles. The molecule has 1 amide bonds. The average Bonchev–Trinajstić information content (AvgIpc) is 3.15. The molecule has 3 rings (SSSR count). The van der Waals surface area contributed by atoms with Crippen LogP contribution in [0.15, 0.2) is 36.7 Å². The molecule has 0 spiro atoms. The minimum absolute atomic E-state index is 0.0166. The van der Waals surface area contributed by atoms with Crippen molar-refractivity contribution in [1.29, 1.82) is 0 Å². The first-order chi connectivity index (χ1) is 11.7. The van der Waals surface area contributed by atoms with Crippen molar-refractivity contribution in [1.82, 2.24) is 15.5 Å². The summed E-state index contributed by atoms with van der Waals surface area (Å²) in [6, 6.07) is 6.00. The second-order valence-electron chi connectivity index (χ2n) is 5.86. The van der Waals surface area contributed by atoms with E-state index in [9.17, 15) is 9.18 Å². The van der Waals surface area contributed by atoms with E-state index in [0.717, 1.165) is 12.8 Å². The van der Waals surface area contributed by atoms with E-state index >= 15 is 0 Å². The SMILES string of the molecule is O=C(NC[C@H]1CC[C@@H](COc2ccc(F)cc2)CO1)c1cn[nH]c1. The maximum absolute atomic E-state index is 12.8. The third-order valence-corrected chi connectivity index (χ3v) is 4.01. The normalized spacial score (nSPS) is 20.5. The van der Waals surface area contributed by atoms with E-state index in [2.05, 4.69) is 15.5 Å². The molecule has 0 saturated carbocycles. The molecule has 7 heteroatoms. The number of benzene rings is 1. The van der Waals surface area contributed by atoms with Crippen LogP contribution in [-0.2, 0) is 4.74 Å². The highest BCUT2D eigenvalue weighted by Crippen LogP contribution is 2.20. The first kappa shape index (κ1) is 16.4. The second-order valence-corrected chi connectivity index (χ2v) is 5.86. The number of nitrogens with one attached hydrogen (secondary N) is 2. The molecule has 128 valence electrons. The molecule has 24 heavy (non-hydrogen) atoms. The second kappa shape index (κ2) is 7.92. The molecule has 0 aliphatic carbocycles. The lowest BCUT2D eigenvalue weighted by Gasteiger charge is -2.29. The van der Waals surface area contributed by atoms with Gasteiger partial charge in [0.1, 0.15) is 11.6 Å². The quantitative estimate of drug-likeness (QED) is 0.849. The smallest absolute Gasteiger partial charge is 0.254 e. The minimum atomic E-state index is -0.274. The topological polar surface area (TPSA) is 76.2 Å². The molecule has 6 nitrogen and oxygen atoms in total. The Bertz CT molecular complexity index is 638. The first-order valence-electron chi connectivity index (χ1n) is 7.97. The van der Waals surface area contributed by atoms with Crippen molar-refractivity contribution in [3.8, 4) is 5.75 Å². The van der Waals surface area contributed by atoms with E-state index in [-0.39, 0.29) is 17.8 Å². The third-order valence-electron chi connectivity index (χ3n) is 4.01. The summed E-state index contributed by atoms with van der Waals surface area (Å²) in [7, 11) is 0. The molecule has 2 atom stereocenters. The zero-order valence-corrected chi connectivity index (χ0v) is 13.2. The van der Waals surface area contributed by atoms with E-state index < -0.39 is 0 Å². The van der Waals surface area contributed by atoms with Crippen molar-refractivity contribution in [2.75, 3.05) is 19.8 Å². The summed E-state index contributed by atoms with van der Waals surface area (Å²) in [6.45, 7) is 1.61. The van der Waals surface area contributed by atoms with Crippen LogP contribution in [0.25, 0.3) is 0 Å². The zero-order chi connectivity index (χ0) is 16.8. The number of ether oxygens (including phenoxy) is 2. The molecule has 1 fully saturated rings. The Balaban J connectivity index is 1.35. The van der Waals surface area contributed by atoms with E-state index in [0.29, 0.717) is 37.0 Å². The monoisotopic (exact) mass is 333 g/mol. The number of halogens is 1. The van der Waals surface area contributed by atoms with Crippen LogP contribution in [0.5, 0.6) is 5.75 Å². The Morgan fingerprint density at radius 1 is 1.38 bits per heavy atom. The number of hydrogen-bond donors (Lipinski definition) is 2. The van der Waals surface area contributed by atoms with Crippen LogP contribution in [0, 0.1) is 11.7 Å². The van der Waals surface area contributed by atoms with Crippen molar-refractivity contribution >= 4 is 5.91 Å². The molecule has 0 unspecified atom stereocenters. The number of nitrogens with zero attached hydrogens (tertiary/aromatic N) is 1. The summed E-state index contributed by atoms with van der Waals surface area (Å²) < 4.78 is 24.3. The number of carbonyl (C=O) groups excluding carboxylic acids is 1. The molecule has 2 heterocycles. The van der Waals surface area contributed by atoms with Crippen LogP contribution in [0.2, 0.25) is 0 Å². The van der Waals surface area contributed by atoms with Gasteiger partial charge in [-0.25, -0.2) is 4.39 Å². The molecule has 1 aromatic carbocycles. The highest BCUT2D eigenvalue weighted by molar-refractivity contribution is 5.93. The number of hydrogen-bond acceptors (Lipinski definition) is 4. The highest BCUT2D eigenvalue weighted by atomic mass is 19.1. The van der Waals surface area contributed by atoms with Gasteiger partial charge in [-0.05, 0) is 37.1 Å². The Hall–Kier alpha value is -2.41. The van der Waals surface area contributed by atoms with Crippen LogP contribution >= 0.6 is 0 Å². The van der Waals surface area contributed by atoms with Gasteiger partial charge in [-0.15, -0.1) is 0 Å². The van der Waals surface area contributed by atoms with Gasteiger partial charge in [-0.2, -0.15) is 5.10 Å². The molecular weight excluding hydrogens is 313 g/mol. The van der Waals surface area contributed by atoms with Crippen LogP contribution in [0.1, 0.15) is 23.2 Å². The summed E-state index contributed by atoms with van der Waals surface area (Å²) in [4.78, 5) is 11.8. The Kier molecular flexibility index (Phi) is 5.43. The molecule has 1 aromatic heterocycles.